The maximum Gasteiger partial charge on any atom is 0.349 e. The molecule has 0 radical (unpaired) electrons. The van der Waals surface area contributed by atoms with Gasteiger partial charge >= 0.3 is 5.97 Å². The van der Waals surface area contributed by atoms with Crippen LogP contribution in [0.3, 0.4) is 0 Å². The molecule has 0 unspecified atom stereocenters. The highest BCUT2D eigenvalue weighted by Gasteiger charge is 2.18. The van der Waals surface area contributed by atoms with Gasteiger partial charge in [-0.2, -0.15) is 5.26 Å². The van der Waals surface area contributed by atoms with Gasteiger partial charge in [0.2, 0.25) is 0 Å². The maximum atomic E-state index is 12.0. The monoisotopic (exact) mass is 351 g/mol. The van der Waals surface area contributed by atoms with Crippen molar-refractivity contribution in [2.24, 2.45) is 0 Å². The first kappa shape index (κ1) is 18.1. The Morgan fingerprint density at radius 1 is 1.46 bits per heavy atom. The molecule has 6 nitrogen and oxygen atoms in total. The zero-order valence-corrected chi connectivity index (χ0v) is 14.3. The highest BCUT2D eigenvalue weighted by Crippen LogP contribution is 2.38. The van der Waals surface area contributed by atoms with Crippen LogP contribution in [-0.4, -0.2) is 39.0 Å². The molecule has 1 aliphatic rings. The third-order valence-corrected chi connectivity index (χ3v) is 3.47. The zero-order valence-electron chi connectivity index (χ0n) is 13.5. The first-order valence-corrected chi connectivity index (χ1v) is 7.83. The number of nitrogens with zero attached hydrogens (tertiary/aromatic N) is 1. The van der Waals surface area contributed by atoms with Gasteiger partial charge in [0.1, 0.15) is 17.7 Å². The molecule has 0 spiro atoms. The van der Waals surface area contributed by atoms with Gasteiger partial charge < -0.3 is 18.9 Å². The van der Waals surface area contributed by atoms with E-state index in [0.29, 0.717) is 35.3 Å². The smallest absolute Gasteiger partial charge is 0.349 e. The van der Waals surface area contributed by atoms with Crippen LogP contribution in [0.5, 0.6) is 11.5 Å². The second-order valence-corrected chi connectivity index (χ2v) is 5.63. The number of carbonyl (C=O) groups excluding carboxylic acids is 1. The minimum Gasteiger partial charge on any atom is -0.489 e. The molecule has 7 heteroatoms. The van der Waals surface area contributed by atoms with Crippen LogP contribution >= 0.6 is 11.6 Å². The summed E-state index contributed by atoms with van der Waals surface area (Å²) >= 11 is 6.20. The van der Waals surface area contributed by atoms with E-state index >= 15 is 0 Å². The molecule has 0 aliphatic carbocycles. The van der Waals surface area contributed by atoms with Crippen LogP contribution in [0.1, 0.15) is 18.9 Å². The van der Waals surface area contributed by atoms with Crippen molar-refractivity contribution >= 4 is 23.6 Å². The predicted octanol–water partition coefficient (Wildman–Crippen LogP) is 2.99. The Kier molecular flexibility index (Phi) is 6.47. The number of carbonyl (C=O) groups is 1. The number of halogens is 1. The number of ether oxygens (including phenoxy) is 4. The van der Waals surface area contributed by atoms with Crippen molar-refractivity contribution in [2.45, 2.75) is 19.4 Å². The van der Waals surface area contributed by atoms with Crippen LogP contribution in [0.15, 0.2) is 17.7 Å². The fourth-order valence-corrected chi connectivity index (χ4v) is 2.43. The van der Waals surface area contributed by atoms with Crippen LogP contribution in [0.25, 0.3) is 6.08 Å². The standard InChI is InChI=1S/C17H18ClNO5/c1-11(10-21-2)24-17(20)13(9-19)6-12-7-14(18)16-15(8-12)22-4-3-5-23-16/h6-8,11H,3-5,10H2,1-2H3/b13-6+/t11-/m0/s1. The number of nitriles is 1. The molecule has 0 amide bonds. The van der Waals surface area contributed by atoms with E-state index in [1.165, 1.54) is 13.2 Å². The Hall–Kier alpha value is -2.23. The predicted molar refractivity (Wildman–Crippen MR) is 88.1 cm³/mol. The van der Waals surface area contributed by atoms with Crippen molar-refractivity contribution in [1.82, 2.24) is 0 Å². The van der Waals surface area contributed by atoms with Crippen molar-refractivity contribution in [1.29, 1.82) is 5.26 Å². The molecule has 0 N–H and O–H groups in total. The van der Waals surface area contributed by atoms with Gasteiger partial charge in [0, 0.05) is 13.5 Å². The SMILES string of the molecule is COC[C@H](C)OC(=O)/C(C#N)=C/c1cc(Cl)c2c(c1)OCCCO2. The number of benzene rings is 1. The first-order chi connectivity index (χ1) is 11.5. The molecule has 0 saturated carbocycles. The minimum atomic E-state index is -0.717. The molecule has 24 heavy (non-hydrogen) atoms. The molecular formula is C17H18ClNO5. The third kappa shape index (κ3) is 4.63. The van der Waals surface area contributed by atoms with Crippen LogP contribution in [0.2, 0.25) is 5.02 Å². The Bertz CT molecular complexity index is 680. The van der Waals surface area contributed by atoms with Crippen molar-refractivity contribution < 1.29 is 23.7 Å². The lowest BCUT2D eigenvalue weighted by Crippen LogP contribution is -2.20. The molecule has 1 aliphatic heterocycles. The number of hydrogen-bond acceptors (Lipinski definition) is 6. The topological polar surface area (TPSA) is 77.8 Å². The molecule has 0 fully saturated rings. The molecule has 0 bridgehead atoms. The van der Waals surface area contributed by atoms with Crippen LogP contribution in [0.4, 0.5) is 0 Å². The summed E-state index contributed by atoms with van der Waals surface area (Å²) < 4.78 is 21.2. The van der Waals surface area contributed by atoms with Crippen LogP contribution < -0.4 is 9.47 Å². The highest BCUT2D eigenvalue weighted by molar-refractivity contribution is 6.32. The van der Waals surface area contributed by atoms with Gasteiger partial charge in [-0.15, -0.1) is 0 Å². The minimum absolute atomic E-state index is 0.136. The molecular weight excluding hydrogens is 334 g/mol. The van der Waals surface area contributed by atoms with Gasteiger partial charge in [0.25, 0.3) is 0 Å². The van der Waals surface area contributed by atoms with E-state index < -0.39 is 12.1 Å². The Morgan fingerprint density at radius 2 is 2.21 bits per heavy atom. The first-order valence-electron chi connectivity index (χ1n) is 7.46. The van der Waals surface area contributed by atoms with Crippen molar-refractivity contribution in [3.05, 3.63) is 28.3 Å². The van der Waals surface area contributed by atoms with Crippen LogP contribution in [-0.2, 0) is 14.3 Å². The zero-order chi connectivity index (χ0) is 17.5. The Balaban J connectivity index is 2.25. The van der Waals surface area contributed by atoms with Crippen molar-refractivity contribution in [2.75, 3.05) is 26.9 Å². The molecule has 1 aromatic carbocycles. The number of methoxy groups -OCH3 is 1. The molecule has 1 atom stereocenters. The molecule has 2 rings (SSSR count). The summed E-state index contributed by atoms with van der Waals surface area (Å²) in [4.78, 5) is 12.0. The lowest BCUT2D eigenvalue weighted by atomic mass is 10.1. The Labute approximate surface area is 145 Å². The van der Waals surface area contributed by atoms with E-state index in [2.05, 4.69) is 0 Å². The Morgan fingerprint density at radius 3 is 2.92 bits per heavy atom. The second-order valence-electron chi connectivity index (χ2n) is 5.22. The van der Waals surface area contributed by atoms with Crippen LogP contribution in [0, 0.1) is 11.3 Å². The summed E-state index contributed by atoms with van der Waals surface area (Å²) in [5, 5.41) is 9.57. The van der Waals surface area contributed by atoms with E-state index in [4.69, 9.17) is 30.5 Å². The van der Waals surface area contributed by atoms with Gasteiger partial charge in [-0.05, 0) is 30.7 Å². The average molecular weight is 352 g/mol. The van der Waals surface area contributed by atoms with Gasteiger partial charge in [0.05, 0.1) is 24.8 Å². The summed E-state index contributed by atoms with van der Waals surface area (Å²) in [6.45, 7) is 2.97. The summed E-state index contributed by atoms with van der Waals surface area (Å²) in [7, 11) is 1.51. The van der Waals surface area contributed by atoms with Gasteiger partial charge in [-0.3, -0.25) is 0 Å². The van der Waals surface area contributed by atoms with E-state index in [0.717, 1.165) is 6.42 Å². The lowest BCUT2D eigenvalue weighted by molar-refractivity contribution is -0.145. The van der Waals surface area contributed by atoms with Gasteiger partial charge in [0.15, 0.2) is 11.5 Å². The van der Waals surface area contributed by atoms with E-state index in [-0.39, 0.29) is 12.2 Å². The quantitative estimate of drug-likeness (QED) is 0.461. The molecule has 0 aromatic heterocycles. The van der Waals surface area contributed by atoms with Gasteiger partial charge in [-0.25, -0.2) is 4.79 Å². The number of esters is 1. The second kappa shape index (κ2) is 8.57. The highest BCUT2D eigenvalue weighted by atomic mass is 35.5. The van der Waals surface area contributed by atoms with E-state index in [1.54, 1.807) is 19.1 Å². The normalized spacial score (nSPS) is 15.2. The molecule has 0 saturated heterocycles. The number of hydrogen-bond donors (Lipinski definition) is 0. The maximum absolute atomic E-state index is 12.0. The molecule has 1 aromatic rings. The number of rotatable bonds is 5. The lowest BCUT2D eigenvalue weighted by Gasteiger charge is -2.12. The summed E-state index contributed by atoms with van der Waals surface area (Å²) in [6.07, 6.45) is 1.71. The fourth-order valence-electron chi connectivity index (χ4n) is 2.15. The molecule has 1 heterocycles. The number of fused-ring (bicyclic) bond motifs is 1. The summed E-state index contributed by atoms with van der Waals surface area (Å²) in [5.41, 5.74) is 0.417. The largest absolute Gasteiger partial charge is 0.489 e. The molecule has 128 valence electrons. The van der Waals surface area contributed by atoms with E-state index in [9.17, 15) is 10.1 Å². The third-order valence-electron chi connectivity index (χ3n) is 3.19. The average Bonchev–Trinajstić information content (AvgIpc) is 2.78. The van der Waals surface area contributed by atoms with Crippen molar-refractivity contribution in [3.8, 4) is 17.6 Å². The summed E-state index contributed by atoms with van der Waals surface area (Å²) in [5.74, 6) is 0.246. The van der Waals surface area contributed by atoms with Gasteiger partial charge in [-0.1, -0.05) is 11.6 Å². The summed E-state index contributed by atoms with van der Waals surface area (Å²) in [6, 6.07) is 5.13. The van der Waals surface area contributed by atoms with Crippen molar-refractivity contribution in [3.63, 3.8) is 0 Å². The van der Waals surface area contributed by atoms with E-state index in [1.807, 2.05) is 6.07 Å². The fraction of sp³-hybridized carbons (Fsp3) is 0.412.